The van der Waals surface area contributed by atoms with Gasteiger partial charge in [0.2, 0.25) is 5.91 Å². The van der Waals surface area contributed by atoms with E-state index in [1.807, 2.05) is 48.5 Å². The van der Waals surface area contributed by atoms with E-state index >= 15 is 0 Å². The Morgan fingerprint density at radius 1 is 1.06 bits per heavy atom. The standard InChI is InChI=1S/C27H26N4O3/c28-26(32)20-3-1-2-18(15-20)14-19-4-9-25-23(16-19)24(27(33)30-25)17-29-21-5-7-22(8-6-21)31-10-12-34-13-11-31/h1-9,15-17,30,33H,10-14H2,(H2,28,32). The highest BCUT2D eigenvalue weighted by Gasteiger charge is 2.12. The fourth-order valence-corrected chi connectivity index (χ4v) is 4.27. The van der Waals surface area contributed by atoms with E-state index in [4.69, 9.17) is 10.5 Å². The quantitative estimate of drug-likeness (QED) is 0.381. The van der Waals surface area contributed by atoms with Crippen molar-refractivity contribution in [1.82, 2.24) is 4.98 Å². The summed E-state index contributed by atoms with van der Waals surface area (Å²) >= 11 is 0. The lowest BCUT2D eigenvalue weighted by molar-refractivity contribution is 0.1000. The van der Waals surface area contributed by atoms with Crippen LogP contribution >= 0.6 is 0 Å². The van der Waals surface area contributed by atoms with Gasteiger partial charge >= 0.3 is 0 Å². The van der Waals surface area contributed by atoms with Crippen LogP contribution in [0.5, 0.6) is 5.88 Å². The van der Waals surface area contributed by atoms with Crippen molar-refractivity contribution in [3.63, 3.8) is 0 Å². The molecule has 1 saturated heterocycles. The summed E-state index contributed by atoms with van der Waals surface area (Å²) in [5.41, 5.74) is 11.4. The number of nitrogens with two attached hydrogens (primary N) is 1. The normalized spacial score (nSPS) is 14.2. The third-order valence-corrected chi connectivity index (χ3v) is 6.07. The van der Waals surface area contributed by atoms with Crippen molar-refractivity contribution in [2.75, 3.05) is 31.2 Å². The van der Waals surface area contributed by atoms with Gasteiger partial charge in [-0.1, -0.05) is 18.2 Å². The number of morpholine rings is 1. The number of aliphatic imine (C=N–C) groups is 1. The van der Waals surface area contributed by atoms with Crippen LogP contribution in [0.4, 0.5) is 11.4 Å². The Hall–Kier alpha value is -4.10. The number of fused-ring (bicyclic) bond motifs is 1. The van der Waals surface area contributed by atoms with Gasteiger partial charge in [-0.2, -0.15) is 0 Å². The number of aromatic amines is 1. The number of amides is 1. The van der Waals surface area contributed by atoms with Gasteiger partial charge in [-0.15, -0.1) is 0 Å². The third-order valence-electron chi connectivity index (χ3n) is 6.07. The maximum atomic E-state index is 11.5. The Morgan fingerprint density at radius 2 is 1.82 bits per heavy atom. The zero-order valence-corrected chi connectivity index (χ0v) is 18.7. The van der Waals surface area contributed by atoms with Gasteiger partial charge < -0.3 is 25.5 Å². The van der Waals surface area contributed by atoms with Crippen LogP contribution in [0.3, 0.4) is 0 Å². The number of aromatic nitrogens is 1. The smallest absolute Gasteiger partial charge is 0.248 e. The molecule has 1 amide bonds. The van der Waals surface area contributed by atoms with E-state index in [9.17, 15) is 9.90 Å². The van der Waals surface area contributed by atoms with Crippen LogP contribution in [0.25, 0.3) is 10.9 Å². The van der Waals surface area contributed by atoms with Crippen LogP contribution in [0.1, 0.15) is 27.0 Å². The first-order chi connectivity index (χ1) is 16.6. The fourth-order valence-electron chi connectivity index (χ4n) is 4.27. The number of primary amides is 1. The van der Waals surface area contributed by atoms with E-state index in [0.29, 0.717) is 17.5 Å². The van der Waals surface area contributed by atoms with E-state index in [-0.39, 0.29) is 5.88 Å². The lowest BCUT2D eigenvalue weighted by atomic mass is 10.0. The number of benzene rings is 3. The van der Waals surface area contributed by atoms with Gasteiger partial charge in [-0.25, -0.2) is 0 Å². The number of carbonyl (C=O) groups is 1. The van der Waals surface area contributed by atoms with Crippen molar-refractivity contribution in [1.29, 1.82) is 0 Å². The predicted octanol–water partition coefficient (Wildman–Crippen LogP) is 4.15. The molecule has 0 aliphatic carbocycles. The molecule has 1 aliphatic heterocycles. The molecule has 0 bridgehead atoms. The van der Waals surface area contributed by atoms with Crippen LogP contribution in [-0.2, 0) is 11.2 Å². The molecular weight excluding hydrogens is 428 g/mol. The van der Waals surface area contributed by atoms with Gasteiger partial charge in [-0.3, -0.25) is 9.79 Å². The molecule has 7 heteroatoms. The van der Waals surface area contributed by atoms with Gasteiger partial charge in [0.1, 0.15) is 0 Å². The fraction of sp³-hybridized carbons (Fsp3) is 0.185. The molecule has 1 fully saturated rings. The zero-order valence-electron chi connectivity index (χ0n) is 18.7. The first-order valence-electron chi connectivity index (χ1n) is 11.3. The molecular formula is C27H26N4O3. The molecule has 0 atom stereocenters. The maximum absolute atomic E-state index is 11.5. The van der Waals surface area contributed by atoms with Crippen LogP contribution in [0.2, 0.25) is 0 Å². The van der Waals surface area contributed by atoms with Crippen molar-refractivity contribution >= 4 is 34.4 Å². The number of ether oxygens (including phenoxy) is 1. The highest BCUT2D eigenvalue weighted by Crippen LogP contribution is 2.28. The largest absolute Gasteiger partial charge is 0.494 e. The number of rotatable bonds is 6. The van der Waals surface area contributed by atoms with Crippen molar-refractivity contribution < 1.29 is 14.6 Å². The molecule has 7 nitrogen and oxygen atoms in total. The molecule has 0 unspecified atom stereocenters. The Bertz CT molecular complexity index is 1350. The van der Waals surface area contributed by atoms with Crippen molar-refractivity contribution in [3.8, 4) is 5.88 Å². The van der Waals surface area contributed by atoms with Gasteiger partial charge in [0, 0.05) is 41.5 Å². The first kappa shape index (κ1) is 21.7. The number of aromatic hydroxyl groups is 1. The minimum Gasteiger partial charge on any atom is -0.494 e. The summed E-state index contributed by atoms with van der Waals surface area (Å²) in [6.45, 7) is 3.28. The minimum atomic E-state index is -0.440. The van der Waals surface area contributed by atoms with Crippen LogP contribution in [-0.4, -0.2) is 48.5 Å². The molecule has 5 rings (SSSR count). The molecule has 172 valence electrons. The number of nitrogens with zero attached hydrogens (tertiary/aromatic N) is 2. The third kappa shape index (κ3) is 4.65. The van der Waals surface area contributed by atoms with E-state index in [1.54, 1.807) is 12.3 Å². The summed E-state index contributed by atoms with van der Waals surface area (Å²) in [4.78, 5) is 21.4. The summed E-state index contributed by atoms with van der Waals surface area (Å²) < 4.78 is 5.42. The predicted molar refractivity (Wildman–Crippen MR) is 134 cm³/mol. The van der Waals surface area contributed by atoms with E-state index in [1.165, 1.54) is 0 Å². The van der Waals surface area contributed by atoms with Crippen LogP contribution in [0.15, 0.2) is 71.7 Å². The van der Waals surface area contributed by atoms with E-state index in [2.05, 4.69) is 27.0 Å². The second-order valence-corrected chi connectivity index (χ2v) is 8.38. The average molecular weight is 455 g/mol. The summed E-state index contributed by atoms with van der Waals surface area (Å²) in [7, 11) is 0. The molecule has 1 aromatic heterocycles. The first-order valence-corrected chi connectivity index (χ1v) is 11.3. The molecule has 2 heterocycles. The Kier molecular flexibility index (Phi) is 6.01. The number of nitrogens with one attached hydrogen (secondary N) is 1. The van der Waals surface area contributed by atoms with Crippen molar-refractivity contribution in [2.24, 2.45) is 10.7 Å². The highest BCUT2D eigenvalue weighted by atomic mass is 16.5. The lowest BCUT2D eigenvalue weighted by Crippen LogP contribution is -2.36. The van der Waals surface area contributed by atoms with E-state index < -0.39 is 5.91 Å². The number of hydrogen-bond donors (Lipinski definition) is 3. The molecule has 3 aromatic carbocycles. The zero-order chi connectivity index (χ0) is 23.5. The summed E-state index contributed by atoms with van der Waals surface area (Å²) in [5, 5.41) is 11.4. The summed E-state index contributed by atoms with van der Waals surface area (Å²) in [6.07, 6.45) is 2.33. The summed E-state index contributed by atoms with van der Waals surface area (Å²) in [6, 6.07) is 21.4. The molecule has 0 radical (unpaired) electrons. The molecule has 0 saturated carbocycles. The van der Waals surface area contributed by atoms with Crippen molar-refractivity contribution in [2.45, 2.75) is 6.42 Å². The topological polar surface area (TPSA) is 104 Å². The number of carbonyl (C=O) groups excluding carboxylic acids is 1. The van der Waals surface area contributed by atoms with Gasteiger partial charge in [0.05, 0.1) is 24.5 Å². The highest BCUT2D eigenvalue weighted by molar-refractivity contribution is 6.03. The van der Waals surface area contributed by atoms with Gasteiger partial charge in [0.25, 0.3) is 0 Å². The average Bonchev–Trinajstić information content (AvgIpc) is 3.18. The van der Waals surface area contributed by atoms with Gasteiger partial charge in [0.15, 0.2) is 5.88 Å². The lowest BCUT2D eigenvalue weighted by Gasteiger charge is -2.28. The Morgan fingerprint density at radius 3 is 2.59 bits per heavy atom. The Balaban J connectivity index is 1.38. The maximum Gasteiger partial charge on any atom is 0.248 e. The molecule has 4 N–H and O–H groups in total. The number of anilines is 1. The second-order valence-electron chi connectivity index (χ2n) is 8.38. The second kappa shape index (κ2) is 9.41. The SMILES string of the molecule is NC(=O)c1cccc(Cc2ccc3[nH]c(O)c(C=Nc4ccc(N5CCOCC5)cc4)c3c2)c1. The Labute approximate surface area is 197 Å². The van der Waals surface area contributed by atoms with Crippen LogP contribution < -0.4 is 10.6 Å². The van der Waals surface area contributed by atoms with Gasteiger partial charge in [-0.05, 0) is 66.1 Å². The number of H-pyrrole nitrogens is 1. The monoisotopic (exact) mass is 454 g/mol. The minimum absolute atomic E-state index is 0.0802. The molecule has 34 heavy (non-hydrogen) atoms. The molecule has 1 aliphatic rings. The molecule has 4 aromatic rings. The molecule has 0 spiro atoms. The number of hydrogen-bond acceptors (Lipinski definition) is 5. The van der Waals surface area contributed by atoms with Crippen molar-refractivity contribution in [3.05, 3.63) is 89.0 Å². The summed E-state index contributed by atoms with van der Waals surface area (Å²) in [5.74, 6) is -0.360. The van der Waals surface area contributed by atoms with Crippen LogP contribution in [0, 0.1) is 0 Å². The van der Waals surface area contributed by atoms with E-state index in [0.717, 1.165) is 59.7 Å².